The number of morpholine rings is 1. The van der Waals surface area contributed by atoms with Gasteiger partial charge in [-0.2, -0.15) is 0 Å². The molecular weight excluding hydrogens is 376 g/mol. The molecule has 3 aromatic rings. The summed E-state index contributed by atoms with van der Waals surface area (Å²) in [6, 6.07) is 8.38. The van der Waals surface area contributed by atoms with E-state index in [1.54, 1.807) is 6.20 Å². The molecule has 0 spiro atoms. The highest BCUT2D eigenvalue weighted by Crippen LogP contribution is 2.28. The Morgan fingerprint density at radius 3 is 2.70 bits per heavy atom. The van der Waals surface area contributed by atoms with E-state index in [9.17, 15) is 4.79 Å². The first kappa shape index (κ1) is 20.6. The van der Waals surface area contributed by atoms with E-state index in [1.165, 1.54) is 16.5 Å². The Balaban J connectivity index is 1.50. The Kier molecular flexibility index (Phi) is 6.16. The van der Waals surface area contributed by atoms with Crippen LogP contribution in [0.4, 0.5) is 0 Å². The van der Waals surface area contributed by atoms with E-state index in [1.807, 2.05) is 19.2 Å². The monoisotopic (exact) mass is 406 g/mol. The third-order valence-corrected chi connectivity index (χ3v) is 6.07. The molecule has 3 heterocycles. The number of carbonyl (C=O) groups is 1. The zero-order valence-electron chi connectivity index (χ0n) is 18.0. The van der Waals surface area contributed by atoms with Crippen molar-refractivity contribution in [3.05, 3.63) is 64.6 Å². The molecule has 1 aliphatic heterocycles. The van der Waals surface area contributed by atoms with Gasteiger partial charge < -0.3 is 15.0 Å². The van der Waals surface area contributed by atoms with Crippen molar-refractivity contribution in [3.8, 4) is 0 Å². The Bertz CT molecular complexity index is 1020. The van der Waals surface area contributed by atoms with Crippen molar-refractivity contribution < 1.29 is 9.53 Å². The molecule has 0 aliphatic carbocycles. The highest BCUT2D eigenvalue weighted by Gasteiger charge is 2.24. The molecule has 1 aliphatic rings. The van der Waals surface area contributed by atoms with Crippen LogP contribution >= 0.6 is 0 Å². The minimum atomic E-state index is 0.0436. The second kappa shape index (κ2) is 8.98. The van der Waals surface area contributed by atoms with E-state index in [0.717, 1.165) is 48.6 Å². The number of fused-ring (bicyclic) bond motifs is 1. The van der Waals surface area contributed by atoms with Crippen molar-refractivity contribution in [2.75, 3.05) is 32.8 Å². The fraction of sp³-hybridized carbons (Fsp3) is 0.417. The number of pyridine rings is 1. The van der Waals surface area contributed by atoms with Crippen LogP contribution in [0.25, 0.3) is 10.9 Å². The van der Waals surface area contributed by atoms with Gasteiger partial charge >= 0.3 is 0 Å². The molecule has 0 bridgehead atoms. The van der Waals surface area contributed by atoms with Crippen molar-refractivity contribution in [1.82, 2.24) is 20.2 Å². The number of nitrogens with zero attached hydrogens (tertiary/aromatic N) is 2. The molecule has 6 heteroatoms. The Morgan fingerprint density at radius 2 is 1.97 bits per heavy atom. The average molecular weight is 407 g/mol. The Hall–Kier alpha value is -2.70. The second-order valence-corrected chi connectivity index (χ2v) is 8.11. The highest BCUT2D eigenvalue weighted by molar-refractivity contribution is 5.93. The molecular formula is C24H30N4O2. The van der Waals surface area contributed by atoms with Gasteiger partial charge in [-0.25, -0.2) is 0 Å². The number of amides is 1. The number of aryl methyl sites for hydroxylation is 3. The van der Waals surface area contributed by atoms with E-state index in [0.29, 0.717) is 13.0 Å². The number of aromatic amines is 1. The number of carbonyl (C=O) groups excluding carboxylic acids is 1. The molecule has 6 nitrogen and oxygen atoms in total. The predicted octanol–water partition coefficient (Wildman–Crippen LogP) is 3.22. The van der Waals surface area contributed by atoms with E-state index in [-0.39, 0.29) is 11.9 Å². The van der Waals surface area contributed by atoms with Gasteiger partial charge in [-0.3, -0.25) is 14.7 Å². The van der Waals surface area contributed by atoms with Gasteiger partial charge in [0.2, 0.25) is 5.91 Å². The lowest BCUT2D eigenvalue weighted by Gasteiger charge is -2.34. The topological polar surface area (TPSA) is 70.2 Å². The minimum Gasteiger partial charge on any atom is -0.379 e. The summed E-state index contributed by atoms with van der Waals surface area (Å²) in [7, 11) is 0. The van der Waals surface area contributed by atoms with Crippen LogP contribution in [-0.2, 0) is 16.0 Å². The first-order valence-corrected chi connectivity index (χ1v) is 10.6. The number of hydrogen-bond acceptors (Lipinski definition) is 4. The van der Waals surface area contributed by atoms with Crippen LogP contribution in [-0.4, -0.2) is 53.6 Å². The maximum atomic E-state index is 12.9. The first-order valence-electron chi connectivity index (χ1n) is 10.6. The molecule has 1 fully saturated rings. The highest BCUT2D eigenvalue weighted by atomic mass is 16.5. The molecule has 2 aromatic heterocycles. The first-order chi connectivity index (χ1) is 14.5. The molecule has 0 radical (unpaired) electrons. The molecule has 4 rings (SSSR count). The van der Waals surface area contributed by atoms with Crippen LogP contribution in [0.15, 0.2) is 36.7 Å². The van der Waals surface area contributed by atoms with E-state index >= 15 is 0 Å². The standard InChI is InChI=1S/C24H30N4O2/c1-16-6-7-17(2)24-23(16)20(18(3)27-24)13-22(29)26-15-21(19-5-4-8-25-14-19)28-9-11-30-12-10-28/h4-8,14,21,27H,9-13,15H2,1-3H3,(H,26,29). The predicted molar refractivity (Wildman–Crippen MR) is 119 cm³/mol. The Labute approximate surface area is 177 Å². The van der Waals surface area contributed by atoms with Crippen LogP contribution in [0.1, 0.15) is 34.0 Å². The number of ether oxygens (including phenoxy) is 1. The number of nitrogens with one attached hydrogen (secondary N) is 2. The Morgan fingerprint density at radius 1 is 1.20 bits per heavy atom. The summed E-state index contributed by atoms with van der Waals surface area (Å²) in [5, 5.41) is 4.36. The van der Waals surface area contributed by atoms with Gasteiger partial charge in [0.05, 0.1) is 25.7 Å². The summed E-state index contributed by atoms with van der Waals surface area (Å²) in [6.07, 6.45) is 4.05. The molecule has 1 unspecified atom stereocenters. The summed E-state index contributed by atoms with van der Waals surface area (Å²) in [4.78, 5) is 23.1. The molecule has 2 N–H and O–H groups in total. The fourth-order valence-electron chi connectivity index (χ4n) is 4.39. The number of rotatable bonds is 6. The van der Waals surface area contributed by atoms with Crippen molar-refractivity contribution in [1.29, 1.82) is 0 Å². The quantitative estimate of drug-likeness (QED) is 0.659. The van der Waals surface area contributed by atoms with Crippen LogP contribution < -0.4 is 5.32 Å². The molecule has 158 valence electrons. The van der Waals surface area contributed by atoms with Crippen molar-refractivity contribution in [2.24, 2.45) is 0 Å². The summed E-state index contributed by atoms with van der Waals surface area (Å²) in [6.45, 7) is 9.97. The maximum Gasteiger partial charge on any atom is 0.224 e. The van der Waals surface area contributed by atoms with Crippen LogP contribution in [0.2, 0.25) is 0 Å². The van der Waals surface area contributed by atoms with E-state index in [4.69, 9.17) is 4.74 Å². The molecule has 1 amide bonds. The number of aromatic nitrogens is 2. The smallest absolute Gasteiger partial charge is 0.224 e. The average Bonchev–Trinajstić information content (AvgIpc) is 3.10. The zero-order valence-corrected chi connectivity index (χ0v) is 18.0. The van der Waals surface area contributed by atoms with Gasteiger partial charge in [-0.15, -0.1) is 0 Å². The fourth-order valence-corrected chi connectivity index (χ4v) is 4.39. The van der Waals surface area contributed by atoms with E-state index < -0.39 is 0 Å². The lowest BCUT2D eigenvalue weighted by atomic mass is 10.0. The third kappa shape index (κ3) is 4.25. The molecule has 30 heavy (non-hydrogen) atoms. The van der Waals surface area contributed by atoms with Crippen LogP contribution in [0, 0.1) is 20.8 Å². The van der Waals surface area contributed by atoms with Crippen molar-refractivity contribution in [2.45, 2.75) is 33.2 Å². The van der Waals surface area contributed by atoms with Crippen molar-refractivity contribution in [3.63, 3.8) is 0 Å². The third-order valence-electron chi connectivity index (χ3n) is 6.07. The SMILES string of the molecule is Cc1[nH]c2c(C)ccc(C)c2c1CC(=O)NCC(c1cccnc1)N1CCOCC1. The second-order valence-electron chi connectivity index (χ2n) is 8.11. The lowest BCUT2D eigenvalue weighted by Crippen LogP contribution is -2.44. The van der Waals surface area contributed by atoms with Gasteiger partial charge in [0.25, 0.3) is 0 Å². The van der Waals surface area contributed by atoms with Gasteiger partial charge in [-0.1, -0.05) is 18.2 Å². The number of H-pyrrole nitrogens is 1. The van der Waals surface area contributed by atoms with Gasteiger partial charge in [0.15, 0.2) is 0 Å². The molecule has 0 saturated carbocycles. The molecule has 1 aromatic carbocycles. The minimum absolute atomic E-state index is 0.0436. The van der Waals surface area contributed by atoms with Gasteiger partial charge in [0.1, 0.15) is 0 Å². The summed E-state index contributed by atoms with van der Waals surface area (Å²) in [5.74, 6) is 0.0436. The number of hydrogen-bond donors (Lipinski definition) is 2. The largest absolute Gasteiger partial charge is 0.379 e. The summed E-state index contributed by atoms with van der Waals surface area (Å²) in [5.41, 5.74) is 6.81. The van der Waals surface area contributed by atoms with E-state index in [2.05, 4.69) is 52.2 Å². The normalized spacial score (nSPS) is 16.0. The summed E-state index contributed by atoms with van der Waals surface area (Å²) < 4.78 is 5.51. The van der Waals surface area contributed by atoms with Crippen LogP contribution in [0.3, 0.4) is 0 Å². The van der Waals surface area contributed by atoms with Gasteiger partial charge in [-0.05, 0) is 49.1 Å². The van der Waals surface area contributed by atoms with Crippen LogP contribution in [0.5, 0.6) is 0 Å². The number of benzene rings is 1. The molecule has 1 atom stereocenters. The zero-order chi connectivity index (χ0) is 21.1. The van der Waals surface area contributed by atoms with Crippen molar-refractivity contribution >= 4 is 16.8 Å². The molecule has 1 saturated heterocycles. The summed E-state index contributed by atoms with van der Waals surface area (Å²) >= 11 is 0. The maximum absolute atomic E-state index is 12.9. The van der Waals surface area contributed by atoms with Gasteiger partial charge in [0, 0.05) is 48.6 Å². The lowest BCUT2D eigenvalue weighted by molar-refractivity contribution is -0.120.